The molecule has 6 heteroatoms. The van der Waals surface area contributed by atoms with Crippen LogP contribution in [0.2, 0.25) is 0 Å². The zero-order valence-electron chi connectivity index (χ0n) is 17.8. The maximum absolute atomic E-state index is 13.4. The fourth-order valence-electron chi connectivity index (χ4n) is 3.71. The molecule has 1 saturated heterocycles. The number of ether oxygens (including phenoxy) is 1. The monoisotopic (exact) mass is 423 g/mol. The van der Waals surface area contributed by atoms with Crippen molar-refractivity contribution in [2.75, 3.05) is 44.3 Å². The molecule has 5 nitrogen and oxygen atoms in total. The maximum atomic E-state index is 13.4. The van der Waals surface area contributed by atoms with E-state index in [-0.39, 0.29) is 5.91 Å². The molecule has 0 radical (unpaired) electrons. The summed E-state index contributed by atoms with van der Waals surface area (Å²) in [6.45, 7) is 9.33. The molecule has 1 fully saturated rings. The van der Waals surface area contributed by atoms with E-state index >= 15 is 0 Å². The molecule has 1 aliphatic rings. The van der Waals surface area contributed by atoms with Gasteiger partial charge in [0.2, 0.25) is 0 Å². The lowest BCUT2D eigenvalue weighted by Gasteiger charge is -2.27. The van der Waals surface area contributed by atoms with E-state index in [1.54, 1.807) is 11.3 Å². The standard InChI is InChI=1S/C24H29N3O2S/c1-3-19-7-10-21-22(17-19)30-24(25-21)27(12-4-11-26-13-15-29-16-14-26)23(28)20-8-5-18(2)6-9-20/h5-10,17H,3-4,11-16H2,1-2H3. The second kappa shape index (κ2) is 9.69. The Hall–Kier alpha value is -2.28. The summed E-state index contributed by atoms with van der Waals surface area (Å²) in [5.41, 5.74) is 4.11. The van der Waals surface area contributed by atoms with Gasteiger partial charge in [-0.1, -0.05) is 42.0 Å². The molecule has 2 heterocycles. The molecule has 30 heavy (non-hydrogen) atoms. The van der Waals surface area contributed by atoms with E-state index in [9.17, 15) is 4.79 Å². The molecule has 0 N–H and O–H groups in total. The predicted octanol–water partition coefficient (Wildman–Crippen LogP) is 4.54. The quantitative estimate of drug-likeness (QED) is 0.560. The van der Waals surface area contributed by atoms with Gasteiger partial charge in [0.15, 0.2) is 5.13 Å². The molecule has 0 atom stereocenters. The lowest BCUT2D eigenvalue weighted by Crippen LogP contribution is -2.39. The first-order valence-corrected chi connectivity index (χ1v) is 11.5. The van der Waals surface area contributed by atoms with Crippen molar-refractivity contribution in [3.63, 3.8) is 0 Å². The highest BCUT2D eigenvalue weighted by molar-refractivity contribution is 7.22. The lowest BCUT2D eigenvalue weighted by molar-refractivity contribution is 0.0376. The number of hydrogen-bond donors (Lipinski definition) is 0. The second-order valence-electron chi connectivity index (χ2n) is 7.78. The highest BCUT2D eigenvalue weighted by atomic mass is 32.1. The summed E-state index contributed by atoms with van der Waals surface area (Å²) in [5.74, 6) is 0.0201. The van der Waals surface area contributed by atoms with Gasteiger partial charge in [0.25, 0.3) is 5.91 Å². The Kier molecular flexibility index (Phi) is 6.77. The number of anilines is 1. The van der Waals surface area contributed by atoms with Gasteiger partial charge in [-0.15, -0.1) is 0 Å². The van der Waals surface area contributed by atoms with Crippen molar-refractivity contribution in [1.82, 2.24) is 9.88 Å². The summed E-state index contributed by atoms with van der Waals surface area (Å²) in [4.78, 5) is 22.5. The molecule has 0 bridgehead atoms. The van der Waals surface area contributed by atoms with Crippen LogP contribution in [0.5, 0.6) is 0 Å². The van der Waals surface area contributed by atoms with Crippen molar-refractivity contribution in [3.05, 3.63) is 59.2 Å². The first kappa shape index (κ1) is 21.0. The summed E-state index contributed by atoms with van der Waals surface area (Å²) in [7, 11) is 0. The van der Waals surface area contributed by atoms with Crippen LogP contribution in [0.1, 0.15) is 34.8 Å². The van der Waals surface area contributed by atoms with E-state index in [0.717, 1.165) is 66.6 Å². The molecule has 1 amide bonds. The number of carbonyl (C=O) groups is 1. The van der Waals surface area contributed by atoms with E-state index < -0.39 is 0 Å². The van der Waals surface area contributed by atoms with Crippen LogP contribution < -0.4 is 4.90 Å². The van der Waals surface area contributed by atoms with Gasteiger partial charge in [-0.3, -0.25) is 14.6 Å². The molecular formula is C24H29N3O2S. The summed E-state index contributed by atoms with van der Waals surface area (Å²) >= 11 is 1.61. The van der Waals surface area contributed by atoms with E-state index in [2.05, 4.69) is 30.0 Å². The van der Waals surface area contributed by atoms with Gasteiger partial charge < -0.3 is 4.74 Å². The third-order valence-electron chi connectivity index (χ3n) is 5.58. The van der Waals surface area contributed by atoms with Crippen molar-refractivity contribution in [3.8, 4) is 0 Å². The van der Waals surface area contributed by atoms with Crippen LogP contribution >= 0.6 is 11.3 Å². The van der Waals surface area contributed by atoms with Crippen LogP contribution in [0.25, 0.3) is 10.2 Å². The lowest BCUT2D eigenvalue weighted by atomic mass is 10.1. The van der Waals surface area contributed by atoms with Crippen LogP contribution in [0.4, 0.5) is 5.13 Å². The predicted molar refractivity (Wildman–Crippen MR) is 124 cm³/mol. The van der Waals surface area contributed by atoms with Gasteiger partial charge in [-0.05, 0) is 49.6 Å². The normalized spacial score (nSPS) is 14.9. The third kappa shape index (κ3) is 4.89. The zero-order valence-corrected chi connectivity index (χ0v) is 18.6. The first-order valence-electron chi connectivity index (χ1n) is 10.7. The van der Waals surface area contributed by atoms with Gasteiger partial charge in [0.1, 0.15) is 0 Å². The number of hydrogen-bond acceptors (Lipinski definition) is 5. The summed E-state index contributed by atoms with van der Waals surface area (Å²) in [5, 5.41) is 0.783. The average molecular weight is 424 g/mol. The number of fused-ring (bicyclic) bond motifs is 1. The highest BCUT2D eigenvalue weighted by Crippen LogP contribution is 2.31. The molecule has 1 aliphatic heterocycles. The number of morpholine rings is 1. The largest absolute Gasteiger partial charge is 0.379 e. The third-order valence-corrected chi connectivity index (χ3v) is 6.63. The number of benzene rings is 2. The van der Waals surface area contributed by atoms with Crippen molar-refractivity contribution < 1.29 is 9.53 Å². The topological polar surface area (TPSA) is 45.7 Å². The maximum Gasteiger partial charge on any atom is 0.260 e. The van der Waals surface area contributed by atoms with Gasteiger partial charge >= 0.3 is 0 Å². The van der Waals surface area contributed by atoms with Crippen molar-refractivity contribution in [1.29, 1.82) is 0 Å². The number of aryl methyl sites for hydroxylation is 2. The zero-order chi connectivity index (χ0) is 20.9. The summed E-state index contributed by atoms with van der Waals surface area (Å²) in [6, 6.07) is 14.2. The Bertz CT molecular complexity index is 993. The molecule has 2 aromatic carbocycles. The molecule has 0 saturated carbocycles. The Labute approximate surface area is 182 Å². The Morgan fingerprint density at radius 2 is 1.93 bits per heavy atom. The van der Waals surface area contributed by atoms with Crippen molar-refractivity contribution in [2.24, 2.45) is 0 Å². The average Bonchev–Trinajstić information content (AvgIpc) is 3.20. The molecule has 0 aliphatic carbocycles. The van der Waals surface area contributed by atoms with E-state index in [1.807, 2.05) is 36.1 Å². The fraction of sp³-hybridized carbons (Fsp3) is 0.417. The van der Waals surface area contributed by atoms with Crippen LogP contribution in [0.3, 0.4) is 0 Å². The number of aromatic nitrogens is 1. The Morgan fingerprint density at radius 3 is 2.67 bits per heavy atom. The number of carbonyl (C=O) groups excluding carboxylic acids is 1. The highest BCUT2D eigenvalue weighted by Gasteiger charge is 2.22. The minimum atomic E-state index is 0.0201. The molecule has 158 valence electrons. The van der Waals surface area contributed by atoms with Crippen molar-refractivity contribution in [2.45, 2.75) is 26.7 Å². The first-order chi connectivity index (χ1) is 14.6. The van der Waals surface area contributed by atoms with Crippen LogP contribution in [0.15, 0.2) is 42.5 Å². The van der Waals surface area contributed by atoms with Crippen LogP contribution in [-0.4, -0.2) is 55.2 Å². The molecule has 3 aromatic rings. The molecule has 0 unspecified atom stereocenters. The molecule has 1 aromatic heterocycles. The van der Waals surface area contributed by atoms with Gasteiger partial charge in [-0.2, -0.15) is 0 Å². The van der Waals surface area contributed by atoms with E-state index in [0.29, 0.717) is 12.1 Å². The van der Waals surface area contributed by atoms with Gasteiger partial charge in [-0.25, -0.2) is 4.98 Å². The van der Waals surface area contributed by atoms with Gasteiger partial charge in [0, 0.05) is 31.7 Å². The Balaban J connectivity index is 1.57. The van der Waals surface area contributed by atoms with E-state index in [4.69, 9.17) is 9.72 Å². The van der Waals surface area contributed by atoms with Crippen molar-refractivity contribution >= 4 is 32.6 Å². The molecule has 0 spiro atoms. The van der Waals surface area contributed by atoms with Crippen LogP contribution in [-0.2, 0) is 11.2 Å². The fourth-order valence-corrected chi connectivity index (χ4v) is 4.76. The van der Waals surface area contributed by atoms with E-state index in [1.165, 1.54) is 5.56 Å². The molecular weight excluding hydrogens is 394 g/mol. The minimum Gasteiger partial charge on any atom is -0.379 e. The van der Waals surface area contributed by atoms with Crippen LogP contribution in [0, 0.1) is 6.92 Å². The smallest absolute Gasteiger partial charge is 0.260 e. The number of nitrogens with zero attached hydrogens (tertiary/aromatic N) is 3. The second-order valence-corrected chi connectivity index (χ2v) is 8.79. The number of rotatable bonds is 7. The van der Waals surface area contributed by atoms with Gasteiger partial charge in [0.05, 0.1) is 23.4 Å². The summed E-state index contributed by atoms with van der Waals surface area (Å²) in [6.07, 6.45) is 1.91. The number of thiazole rings is 1. The molecule has 4 rings (SSSR count). The number of amides is 1. The SMILES string of the molecule is CCc1ccc2nc(N(CCCN3CCOCC3)C(=O)c3ccc(C)cc3)sc2c1. The Morgan fingerprint density at radius 1 is 1.17 bits per heavy atom. The minimum absolute atomic E-state index is 0.0201. The summed E-state index contributed by atoms with van der Waals surface area (Å²) < 4.78 is 6.58.